The molecule has 0 aliphatic heterocycles. The fraction of sp³-hybridized carbons (Fsp3) is 0.588. The molecule has 1 saturated carbocycles. The standard InChI is InChI=1S/C17H26N2O/c1-14(15-7-3-2-4-8-15)11-12-18-13-17(20)19-16-9-5-6-10-16/h2-4,7-8,14,16,18H,5-6,9-13H2,1H3,(H,19,20). The Morgan fingerprint density at radius 3 is 2.65 bits per heavy atom. The quantitative estimate of drug-likeness (QED) is 0.751. The molecule has 3 heteroatoms. The SMILES string of the molecule is CC(CCNCC(=O)NC1CCCC1)c1ccccc1. The lowest BCUT2D eigenvalue weighted by molar-refractivity contribution is -0.120. The van der Waals surface area contributed by atoms with Gasteiger partial charge < -0.3 is 10.6 Å². The molecule has 0 saturated heterocycles. The maximum Gasteiger partial charge on any atom is 0.234 e. The minimum absolute atomic E-state index is 0.143. The van der Waals surface area contributed by atoms with Gasteiger partial charge in [0.2, 0.25) is 5.91 Å². The Bertz CT molecular complexity index is 399. The maximum atomic E-state index is 11.7. The van der Waals surface area contributed by atoms with E-state index in [1.54, 1.807) is 0 Å². The van der Waals surface area contributed by atoms with Crippen LogP contribution in [0.3, 0.4) is 0 Å². The van der Waals surface area contributed by atoms with Gasteiger partial charge in [-0.25, -0.2) is 0 Å². The van der Waals surface area contributed by atoms with Crippen molar-refractivity contribution in [3.05, 3.63) is 35.9 Å². The van der Waals surface area contributed by atoms with E-state index in [1.807, 2.05) is 6.07 Å². The Morgan fingerprint density at radius 2 is 1.95 bits per heavy atom. The predicted octanol–water partition coefficient (Wildman–Crippen LogP) is 2.83. The molecule has 1 aliphatic carbocycles. The van der Waals surface area contributed by atoms with Crippen LogP contribution in [-0.4, -0.2) is 25.0 Å². The van der Waals surface area contributed by atoms with Gasteiger partial charge in [0.05, 0.1) is 6.54 Å². The zero-order chi connectivity index (χ0) is 14.2. The number of hydrogen-bond acceptors (Lipinski definition) is 2. The molecule has 0 aromatic heterocycles. The number of hydrogen-bond donors (Lipinski definition) is 2. The van der Waals surface area contributed by atoms with E-state index in [0.717, 1.165) is 25.8 Å². The van der Waals surface area contributed by atoms with E-state index >= 15 is 0 Å². The first-order chi connectivity index (χ1) is 9.75. The van der Waals surface area contributed by atoms with E-state index in [4.69, 9.17) is 0 Å². The summed E-state index contributed by atoms with van der Waals surface area (Å²) in [6, 6.07) is 11.0. The van der Waals surface area contributed by atoms with Crippen molar-refractivity contribution in [2.45, 2.75) is 51.0 Å². The van der Waals surface area contributed by atoms with Crippen LogP contribution < -0.4 is 10.6 Å². The van der Waals surface area contributed by atoms with Crippen molar-refractivity contribution in [1.29, 1.82) is 0 Å². The van der Waals surface area contributed by atoms with Crippen LogP contribution in [0, 0.1) is 0 Å². The number of rotatable bonds is 7. The lowest BCUT2D eigenvalue weighted by atomic mass is 9.98. The summed E-state index contributed by atoms with van der Waals surface area (Å²) in [5.41, 5.74) is 1.37. The Labute approximate surface area is 122 Å². The van der Waals surface area contributed by atoms with Crippen molar-refractivity contribution in [3.63, 3.8) is 0 Å². The molecule has 2 rings (SSSR count). The Kier molecular flexibility index (Phi) is 6.06. The molecule has 0 spiro atoms. The van der Waals surface area contributed by atoms with Crippen LogP contribution >= 0.6 is 0 Å². The summed E-state index contributed by atoms with van der Waals surface area (Å²) in [5, 5.41) is 6.34. The van der Waals surface area contributed by atoms with Crippen molar-refractivity contribution < 1.29 is 4.79 Å². The molecule has 3 nitrogen and oxygen atoms in total. The molecule has 1 fully saturated rings. The second-order valence-corrected chi connectivity index (χ2v) is 5.83. The summed E-state index contributed by atoms with van der Waals surface area (Å²) >= 11 is 0. The molecule has 0 bridgehead atoms. The largest absolute Gasteiger partial charge is 0.352 e. The maximum absolute atomic E-state index is 11.7. The molecule has 2 N–H and O–H groups in total. The molecule has 110 valence electrons. The number of carbonyl (C=O) groups excluding carboxylic acids is 1. The Hall–Kier alpha value is -1.35. The van der Waals surface area contributed by atoms with Gasteiger partial charge in [0.25, 0.3) is 0 Å². The van der Waals surface area contributed by atoms with Gasteiger partial charge in [-0.05, 0) is 37.3 Å². The third kappa shape index (κ3) is 4.97. The molecular formula is C17H26N2O. The summed E-state index contributed by atoms with van der Waals surface area (Å²) in [5.74, 6) is 0.672. The molecule has 1 aromatic carbocycles. The molecule has 20 heavy (non-hydrogen) atoms. The topological polar surface area (TPSA) is 41.1 Å². The van der Waals surface area contributed by atoms with Crippen LogP contribution in [0.4, 0.5) is 0 Å². The first-order valence-electron chi connectivity index (χ1n) is 7.80. The second-order valence-electron chi connectivity index (χ2n) is 5.83. The van der Waals surface area contributed by atoms with Gasteiger partial charge in [-0.1, -0.05) is 50.1 Å². The third-order valence-corrected chi connectivity index (χ3v) is 4.13. The van der Waals surface area contributed by atoms with Gasteiger partial charge in [0, 0.05) is 6.04 Å². The fourth-order valence-corrected chi connectivity index (χ4v) is 2.82. The van der Waals surface area contributed by atoms with E-state index in [2.05, 4.69) is 41.8 Å². The highest BCUT2D eigenvalue weighted by molar-refractivity contribution is 5.78. The van der Waals surface area contributed by atoms with Crippen molar-refractivity contribution in [3.8, 4) is 0 Å². The van der Waals surface area contributed by atoms with Crippen LogP contribution in [0.15, 0.2) is 30.3 Å². The second kappa shape index (κ2) is 8.05. The highest BCUT2D eigenvalue weighted by Crippen LogP contribution is 2.18. The van der Waals surface area contributed by atoms with E-state index in [1.165, 1.54) is 18.4 Å². The zero-order valence-corrected chi connectivity index (χ0v) is 12.4. The summed E-state index contributed by atoms with van der Waals surface area (Å²) in [6.45, 7) is 3.56. The van der Waals surface area contributed by atoms with Gasteiger partial charge in [-0.15, -0.1) is 0 Å². The smallest absolute Gasteiger partial charge is 0.234 e. The summed E-state index contributed by atoms with van der Waals surface area (Å²) in [4.78, 5) is 11.7. The number of nitrogens with one attached hydrogen (secondary N) is 2. The predicted molar refractivity (Wildman–Crippen MR) is 82.7 cm³/mol. The molecule has 1 aromatic rings. The van der Waals surface area contributed by atoms with E-state index < -0.39 is 0 Å². The highest BCUT2D eigenvalue weighted by Gasteiger charge is 2.16. The monoisotopic (exact) mass is 274 g/mol. The van der Waals surface area contributed by atoms with E-state index in [-0.39, 0.29) is 5.91 Å². The van der Waals surface area contributed by atoms with Crippen molar-refractivity contribution in [2.24, 2.45) is 0 Å². The normalized spacial score (nSPS) is 17.1. The average molecular weight is 274 g/mol. The Morgan fingerprint density at radius 1 is 1.25 bits per heavy atom. The molecule has 1 amide bonds. The van der Waals surface area contributed by atoms with Gasteiger partial charge in [0.1, 0.15) is 0 Å². The number of carbonyl (C=O) groups is 1. The van der Waals surface area contributed by atoms with Crippen LogP contribution in [0.2, 0.25) is 0 Å². The van der Waals surface area contributed by atoms with Crippen molar-refractivity contribution >= 4 is 5.91 Å². The van der Waals surface area contributed by atoms with E-state index in [0.29, 0.717) is 18.5 Å². The van der Waals surface area contributed by atoms with Crippen LogP contribution in [-0.2, 0) is 4.79 Å². The minimum atomic E-state index is 0.143. The third-order valence-electron chi connectivity index (χ3n) is 4.13. The molecular weight excluding hydrogens is 248 g/mol. The zero-order valence-electron chi connectivity index (χ0n) is 12.4. The lowest BCUT2D eigenvalue weighted by Crippen LogP contribution is -2.39. The number of benzene rings is 1. The molecule has 1 atom stereocenters. The summed E-state index contributed by atoms with van der Waals surface area (Å²) in [6.07, 6.45) is 5.87. The van der Waals surface area contributed by atoms with Crippen LogP contribution in [0.1, 0.15) is 50.5 Å². The molecule has 1 unspecified atom stereocenters. The number of amides is 1. The van der Waals surface area contributed by atoms with Crippen molar-refractivity contribution in [1.82, 2.24) is 10.6 Å². The van der Waals surface area contributed by atoms with Crippen molar-refractivity contribution in [2.75, 3.05) is 13.1 Å². The Balaban J connectivity index is 1.58. The lowest BCUT2D eigenvalue weighted by Gasteiger charge is -2.14. The van der Waals surface area contributed by atoms with Gasteiger partial charge in [0.15, 0.2) is 0 Å². The molecule has 0 radical (unpaired) electrons. The molecule has 1 aliphatic rings. The highest BCUT2D eigenvalue weighted by atomic mass is 16.1. The minimum Gasteiger partial charge on any atom is -0.352 e. The van der Waals surface area contributed by atoms with Crippen LogP contribution in [0.5, 0.6) is 0 Å². The first kappa shape index (κ1) is 15.0. The van der Waals surface area contributed by atoms with Gasteiger partial charge in [-0.2, -0.15) is 0 Å². The summed E-state index contributed by atoms with van der Waals surface area (Å²) < 4.78 is 0. The van der Waals surface area contributed by atoms with Gasteiger partial charge in [-0.3, -0.25) is 4.79 Å². The summed E-state index contributed by atoms with van der Waals surface area (Å²) in [7, 11) is 0. The first-order valence-corrected chi connectivity index (χ1v) is 7.80. The van der Waals surface area contributed by atoms with Crippen LogP contribution in [0.25, 0.3) is 0 Å². The van der Waals surface area contributed by atoms with Gasteiger partial charge >= 0.3 is 0 Å². The van der Waals surface area contributed by atoms with E-state index in [9.17, 15) is 4.79 Å². The fourth-order valence-electron chi connectivity index (χ4n) is 2.82. The average Bonchev–Trinajstić information content (AvgIpc) is 2.97. The molecule has 0 heterocycles.